The predicted molar refractivity (Wildman–Crippen MR) is 229 cm³/mol. The first kappa shape index (κ1) is 49.1. The number of Topliss-reactive ketones (excluding diaryl/α,β-unsaturated/α-hetero) is 1. The molecule has 66 heavy (non-hydrogen) atoms. The van der Waals surface area contributed by atoms with E-state index in [2.05, 4.69) is 4.74 Å². The van der Waals surface area contributed by atoms with Gasteiger partial charge in [-0.2, -0.15) is 4.39 Å². The first-order valence-electron chi connectivity index (χ1n) is 19.0. The quantitative estimate of drug-likeness (QED) is 0.0151. The maximum absolute atomic E-state index is 14.7. The molecule has 3 N–H and O–H groups in total. The standard InChI is InChI=1S/C22H12F3NO4.C14H12F5NO3.C10H9NO.CH4/c1-2-29-22(28)12-9-26-13-7-10-5-3-4-6-11(10)8-14(13)30-21-18(25)17(24)16(23)15(19(21)26)20(12)27;1-4-23-14(22)6(5-20(2)3)13(21)7-8(15)10(17)12(19)11(18)9(7)16;11-9-5-7-3-1-2-4-8(7)6-10(9)12;/h3-9H,2H2,1H3;5H,4H2,1-3H3;1-6,12H,11H2;1H4/b;6-5-;;. The van der Waals surface area contributed by atoms with E-state index in [1.807, 2.05) is 36.4 Å². The van der Waals surface area contributed by atoms with Gasteiger partial charge < -0.3 is 34.5 Å². The fraction of sp³-hybridized carbons (Fsp3) is 0.149. The molecule has 0 unspecified atom stereocenters. The molecule has 1 aromatic heterocycles. The molecule has 0 saturated carbocycles. The number of carbonyl (C=O) groups is 3. The second kappa shape index (κ2) is 19.8. The number of phenols is 1. The van der Waals surface area contributed by atoms with Crippen LogP contribution in [0.4, 0.5) is 40.8 Å². The van der Waals surface area contributed by atoms with Gasteiger partial charge in [-0.25, -0.2) is 40.3 Å². The molecule has 344 valence electrons. The van der Waals surface area contributed by atoms with Crippen molar-refractivity contribution in [2.45, 2.75) is 21.3 Å². The number of nitrogens with two attached hydrogens (primary N) is 1. The van der Waals surface area contributed by atoms with Gasteiger partial charge in [-0.05, 0) is 59.7 Å². The number of fused-ring (bicyclic) bond motifs is 4. The minimum atomic E-state index is -2.40. The molecule has 0 bridgehead atoms. The summed E-state index contributed by atoms with van der Waals surface area (Å²) in [6.45, 7) is 2.78. The molecule has 6 aromatic carbocycles. The van der Waals surface area contributed by atoms with Gasteiger partial charge in [0.25, 0.3) is 0 Å². The van der Waals surface area contributed by atoms with E-state index < -0.39 is 97.5 Å². The maximum Gasteiger partial charge on any atom is 0.343 e. The summed E-state index contributed by atoms with van der Waals surface area (Å²) in [7, 11) is 2.76. The number of hydrogen-bond donors (Lipinski definition) is 2. The number of ketones is 1. The van der Waals surface area contributed by atoms with Crippen LogP contribution in [0.2, 0.25) is 0 Å². The van der Waals surface area contributed by atoms with Crippen molar-refractivity contribution in [3.8, 4) is 22.9 Å². The fourth-order valence-electron chi connectivity index (χ4n) is 6.53. The third-order valence-electron chi connectivity index (χ3n) is 9.48. The van der Waals surface area contributed by atoms with Crippen LogP contribution in [0.3, 0.4) is 0 Å². The summed E-state index contributed by atoms with van der Waals surface area (Å²) >= 11 is 0. The molecule has 1 aliphatic rings. The second-order valence-corrected chi connectivity index (χ2v) is 14.0. The Morgan fingerprint density at radius 2 is 1.23 bits per heavy atom. The summed E-state index contributed by atoms with van der Waals surface area (Å²) < 4.78 is 126. The average Bonchev–Trinajstić information content (AvgIpc) is 3.28. The van der Waals surface area contributed by atoms with Gasteiger partial charge in [0, 0.05) is 26.5 Å². The molecule has 1 aliphatic heterocycles. The van der Waals surface area contributed by atoms with Crippen molar-refractivity contribution in [2.24, 2.45) is 0 Å². The number of nitrogen functional groups attached to an aromatic ring is 1. The van der Waals surface area contributed by atoms with Crippen LogP contribution < -0.4 is 15.9 Å². The summed E-state index contributed by atoms with van der Waals surface area (Å²) in [6, 6.07) is 21.8. The first-order valence-corrected chi connectivity index (χ1v) is 19.0. The van der Waals surface area contributed by atoms with Gasteiger partial charge in [0.1, 0.15) is 28.0 Å². The maximum atomic E-state index is 14.7. The number of carbonyl (C=O) groups excluding carboxylic acids is 3. The summed E-state index contributed by atoms with van der Waals surface area (Å²) in [4.78, 5) is 50.1. The molecule has 0 fully saturated rings. The van der Waals surface area contributed by atoms with Crippen LogP contribution in [-0.2, 0) is 14.3 Å². The average molecular weight is 924 g/mol. The van der Waals surface area contributed by atoms with E-state index >= 15 is 0 Å². The van der Waals surface area contributed by atoms with Crippen molar-refractivity contribution in [1.82, 2.24) is 9.47 Å². The summed E-state index contributed by atoms with van der Waals surface area (Å²) in [5.74, 6) is -20.9. The van der Waals surface area contributed by atoms with Crippen LogP contribution in [0, 0.1) is 46.5 Å². The lowest BCUT2D eigenvalue weighted by Crippen LogP contribution is -2.24. The molecule has 0 saturated heterocycles. The van der Waals surface area contributed by atoms with Crippen molar-refractivity contribution in [3.63, 3.8) is 0 Å². The number of aromatic nitrogens is 1. The number of anilines is 1. The Balaban J connectivity index is 0.000000201. The zero-order chi connectivity index (χ0) is 47.6. The molecule has 19 heteroatoms. The Morgan fingerprint density at radius 1 is 0.727 bits per heavy atom. The summed E-state index contributed by atoms with van der Waals surface area (Å²) in [5, 5.41) is 12.1. The van der Waals surface area contributed by atoms with Gasteiger partial charge in [0.05, 0.1) is 30.0 Å². The highest BCUT2D eigenvalue weighted by molar-refractivity contribution is 6.24. The Bertz CT molecular complexity index is 3120. The predicted octanol–water partition coefficient (Wildman–Crippen LogP) is 10.2. The SMILES string of the molecule is C.CCOC(=O)/C(=C\N(C)C)C(=O)c1c(F)c(F)c(F)c(F)c1F.CCOC(=O)c1cn2c3c(c(F)c(F)c(F)c3c1=O)Oc1cc3ccccc3cc1-2.Nc1cc2ccccc2cc1O. The Labute approximate surface area is 369 Å². The molecule has 8 rings (SSSR count). The number of pyridine rings is 1. The molecule has 0 aliphatic carbocycles. The van der Waals surface area contributed by atoms with Crippen LogP contribution in [0.25, 0.3) is 38.1 Å². The van der Waals surface area contributed by atoms with Crippen molar-refractivity contribution in [2.75, 3.05) is 33.0 Å². The molecule has 2 heterocycles. The van der Waals surface area contributed by atoms with Crippen molar-refractivity contribution >= 4 is 55.9 Å². The van der Waals surface area contributed by atoms with Gasteiger partial charge in [-0.15, -0.1) is 0 Å². The molecular formula is C47H37F8N3O8. The molecular weight excluding hydrogens is 887 g/mol. The molecule has 0 radical (unpaired) electrons. The van der Waals surface area contributed by atoms with Crippen LogP contribution in [-0.4, -0.2) is 59.6 Å². The smallest absolute Gasteiger partial charge is 0.343 e. The van der Waals surface area contributed by atoms with Gasteiger partial charge in [-0.1, -0.05) is 56.0 Å². The monoisotopic (exact) mass is 923 g/mol. The molecule has 0 amide bonds. The highest BCUT2D eigenvalue weighted by atomic mass is 19.2. The number of halogens is 8. The topological polar surface area (TPSA) is 150 Å². The number of ether oxygens (including phenoxy) is 3. The normalized spacial score (nSPS) is 11.3. The van der Waals surface area contributed by atoms with Crippen LogP contribution >= 0.6 is 0 Å². The van der Waals surface area contributed by atoms with Gasteiger partial charge in [0.2, 0.25) is 22.8 Å². The van der Waals surface area contributed by atoms with Crippen LogP contribution in [0.1, 0.15) is 42.0 Å². The van der Waals surface area contributed by atoms with E-state index in [1.54, 1.807) is 43.3 Å². The molecule has 7 aromatic rings. The lowest BCUT2D eigenvalue weighted by atomic mass is 10.0. The van der Waals surface area contributed by atoms with Gasteiger partial charge >= 0.3 is 11.9 Å². The van der Waals surface area contributed by atoms with Crippen LogP contribution in [0.5, 0.6) is 17.2 Å². The van der Waals surface area contributed by atoms with E-state index in [0.29, 0.717) is 11.4 Å². The lowest BCUT2D eigenvalue weighted by Gasteiger charge is -2.25. The zero-order valence-electron chi connectivity index (χ0n) is 34.3. The Kier molecular flexibility index (Phi) is 14.7. The van der Waals surface area contributed by atoms with E-state index in [4.69, 9.17) is 15.2 Å². The van der Waals surface area contributed by atoms with Crippen molar-refractivity contribution in [1.29, 1.82) is 0 Å². The minimum Gasteiger partial charge on any atom is -0.506 e. The number of nitrogens with zero attached hydrogens (tertiary/aromatic N) is 2. The summed E-state index contributed by atoms with van der Waals surface area (Å²) in [5.41, 5.74) is 1.80. The van der Waals surface area contributed by atoms with Gasteiger partial charge in [-0.3, -0.25) is 9.59 Å². The van der Waals surface area contributed by atoms with Gasteiger partial charge in [0.15, 0.2) is 46.4 Å². The van der Waals surface area contributed by atoms with E-state index in [1.165, 1.54) is 30.5 Å². The van der Waals surface area contributed by atoms with Crippen molar-refractivity contribution in [3.05, 3.63) is 159 Å². The lowest BCUT2D eigenvalue weighted by molar-refractivity contribution is -0.138. The number of esters is 2. The number of benzene rings is 6. The van der Waals surface area contributed by atoms with Crippen molar-refractivity contribution < 1.29 is 68.8 Å². The third-order valence-corrected chi connectivity index (χ3v) is 9.48. The minimum absolute atomic E-state index is 0. The number of phenolic OH excluding ortho intramolecular Hbond substituents is 1. The summed E-state index contributed by atoms with van der Waals surface area (Å²) in [6.07, 6.45) is 2.00. The van der Waals surface area contributed by atoms with Crippen LogP contribution in [0.15, 0.2) is 95.6 Å². The third kappa shape index (κ3) is 9.17. The molecule has 0 atom stereocenters. The number of rotatable bonds is 7. The van der Waals surface area contributed by atoms with E-state index in [-0.39, 0.29) is 37.7 Å². The number of aromatic hydroxyl groups is 1. The number of hydrogen-bond acceptors (Lipinski definition) is 10. The molecule has 0 spiro atoms. The Morgan fingerprint density at radius 3 is 1.77 bits per heavy atom. The molecule has 11 nitrogen and oxygen atoms in total. The fourth-order valence-corrected chi connectivity index (χ4v) is 6.53. The zero-order valence-corrected chi connectivity index (χ0v) is 34.3. The van der Waals surface area contributed by atoms with E-state index in [0.717, 1.165) is 33.9 Å². The largest absolute Gasteiger partial charge is 0.506 e. The Hall–Kier alpha value is -7.96. The second-order valence-electron chi connectivity index (χ2n) is 14.0. The first-order chi connectivity index (χ1) is 30.8. The van der Waals surface area contributed by atoms with E-state index in [9.17, 15) is 59.4 Å². The highest BCUT2D eigenvalue weighted by Crippen LogP contribution is 2.44. The highest BCUT2D eigenvalue weighted by Gasteiger charge is 2.35.